The van der Waals surface area contributed by atoms with Gasteiger partial charge in [-0.05, 0) is 40.9 Å². The van der Waals surface area contributed by atoms with Crippen molar-refractivity contribution < 1.29 is 9.31 Å². The van der Waals surface area contributed by atoms with Gasteiger partial charge >= 0.3 is 0 Å². The lowest BCUT2D eigenvalue weighted by molar-refractivity contribution is -0.384. The molecule has 0 spiro atoms. The molecule has 0 bridgehead atoms. The Morgan fingerprint density at radius 1 is 1.44 bits per heavy atom. The van der Waals surface area contributed by atoms with Crippen LogP contribution >= 0.6 is 11.3 Å². The first-order valence-corrected chi connectivity index (χ1v) is 6.21. The highest BCUT2D eigenvalue weighted by molar-refractivity contribution is 7.08. The van der Waals surface area contributed by atoms with Gasteiger partial charge in [-0.1, -0.05) is 0 Å². The highest BCUT2D eigenvalue weighted by atomic mass is 32.1. The third-order valence-corrected chi connectivity index (χ3v) is 3.50. The number of nitrogens with one attached hydrogen (secondary N) is 1. The van der Waals surface area contributed by atoms with Gasteiger partial charge < -0.3 is 5.32 Å². The fraction of sp³-hybridized carbons (Fsp3) is 0.167. The van der Waals surface area contributed by atoms with Gasteiger partial charge in [0.1, 0.15) is 11.5 Å². The van der Waals surface area contributed by atoms with Crippen LogP contribution in [0.3, 0.4) is 0 Å². The molecule has 0 saturated heterocycles. The molecule has 1 aromatic carbocycles. The van der Waals surface area contributed by atoms with Crippen LogP contribution in [0, 0.1) is 22.9 Å². The second-order valence-corrected chi connectivity index (χ2v) is 4.60. The van der Waals surface area contributed by atoms with Gasteiger partial charge in [-0.3, -0.25) is 10.1 Å². The van der Waals surface area contributed by atoms with Crippen LogP contribution in [0.4, 0.5) is 15.8 Å². The minimum absolute atomic E-state index is 0.247. The van der Waals surface area contributed by atoms with E-state index in [-0.39, 0.29) is 5.69 Å². The molecule has 4 nitrogen and oxygen atoms in total. The van der Waals surface area contributed by atoms with Gasteiger partial charge in [0.15, 0.2) is 0 Å². The molecular weight excluding hydrogens is 255 g/mol. The lowest BCUT2D eigenvalue weighted by Crippen LogP contribution is -2.03. The maximum absolute atomic E-state index is 13.0. The zero-order chi connectivity index (χ0) is 13.1. The number of thiophene rings is 1. The van der Waals surface area contributed by atoms with Crippen molar-refractivity contribution in [3.05, 3.63) is 56.0 Å². The van der Waals surface area contributed by atoms with Crippen molar-refractivity contribution in [3.8, 4) is 0 Å². The number of aryl methyl sites for hydroxylation is 1. The van der Waals surface area contributed by atoms with Crippen molar-refractivity contribution in [1.29, 1.82) is 0 Å². The van der Waals surface area contributed by atoms with Gasteiger partial charge in [0.2, 0.25) is 0 Å². The van der Waals surface area contributed by atoms with E-state index in [0.29, 0.717) is 12.2 Å². The molecule has 2 aromatic rings. The van der Waals surface area contributed by atoms with E-state index in [1.165, 1.54) is 12.1 Å². The number of benzene rings is 1. The lowest BCUT2D eigenvalue weighted by Gasteiger charge is -2.06. The number of nitro benzene ring substituents is 1. The fourth-order valence-electron chi connectivity index (χ4n) is 1.56. The molecule has 0 radical (unpaired) electrons. The van der Waals surface area contributed by atoms with E-state index in [1.807, 2.05) is 17.7 Å². The molecule has 0 aliphatic heterocycles. The number of nitrogens with zero attached hydrogens (tertiary/aromatic N) is 1. The first kappa shape index (κ1) is 12.5. The third-order valence-electron chi connectivity index (χ3n) is 2.59. The molecule has 0 atom stereocenters. The molecule has 1 N–H and O–H groups in total. The van der Waals surface area contributed by atoms with Gasteiger partial charge in [-0.2, -0.15) is 11.3 Å². The monoisotopic (exact) mass is 266 g/mol. The SMILES string of the molecule is Cc1cscc1CNc1ccc(F)cc1[N+](=O)[O-]. The predicted octanol–water partition coefficient (Wildman–Crippen LogP) is 3.72. The number of nitro groups is 1. The summed E-state index contributed by atoms with van der Waals surface area (Å²) in [6.45, 7) is 2.47. The summed E-state index contributed by atoms with van der Waals surface area (Å²) < 4.78 is 13.0. The topological polar surface area (TPSA) is 55.2 Å². The molecule has 2 rings (SSSR count). The van der Waals surface area contributed by atoms with Crippen molar-refractivity contribution in [2.24, 2.45) is 0 Å². The van der Waals surface area contributed by atoms with Gasteiger partial charge in [0.05, 0.1) is 11.0 Å². The maximum Gasteiger partial charge on any atom is 0.295 e. The van der Waals surface area contributed by atoms with Crippen LogP contribution in [-0.4, -0.2) is 4.92 Å². The smallest absolute Gasteiger partial charge is 0.295 e. The fourth-order valence-corrected chi connectivity index (χ4v) is 2.42. The molecule has 94 valence electrons. The number of rotatable bonds is 4. The normalized spacial score (nSPS) is 10.3. The molecule has 6 heteroatoms. The number of hydrogen-bond donors (Lipinski definition) is 1. The van der Waals surface area contributed by atoms with Gasteiger partial charge in [-0.25, -0.2) is 4.39 Å². The first-order chi connectivity index (χ1) is 8.58. The van der Waals surface area contributed by atoms with Crippen LogP contribution in [0.2, 0.25) is 0 Å². The average molecular weight is 266 g/mol. The van der Waals surface area contributed by atoms with E-state index in [2.05, 4.69) is 5.32 Å². The highest BCUT2D eigenvalue weighted by Gasteiger charge is 2.14. The molecule has 18 heavy (non-hydrogen) atoms. The summed E-state index contributed by atoms with van der Waals surface area (Å²) in [6, 6.07) is 3.51. The Labute approximate surface area is 107 Å². The predicted molar refractivity (Wildman–Crippen MR) is 69.4 cm³/mol. The van der Waals surface area contributed by atoms with Crippen LogP contribution < -0.4 is 5.32 Å². The van der Waals surface area contributed by atoms with Crippen LogP contribution in [0.15, 0.2) is 29.0 Å². The Kier molecular flexibility index (Phi) is 3.57. The molecule has 0 aliphatic carbocycles. The maximum atomic E-state index is 13.0. The summed E-state index contributed by atoms with van der Waals surface area (Å²) in [6.07, 6.45) is 0. The lowest BCUT2D eigenvalue weighted by atomic mass is 10.2. The first-order valence-electron chi connectivity index (χ1n) is 5.27. The molecule has 0 unspecified atom stereocenters. The Bertz CT molecular complexity index is 583. The number of hydrogen-bond acceptors (Lipinski definition) is 4. The molecule has 0 saturated carbocycles. The summed E-state index contributed by atoms with van der Waals surface area (Å²) in [4.78, 5) is 10.2. The van der Waals surface area contributed by atoms with Crippen molar-refractivity contribution in [2.75, 3.05) is 5.32 Å². The summed E-state index contributed by atoms with van der Waals surface area (Å²) in [5.74, 6) is -0.612. The molecule has 0 amide bonds. The highest BCUT2D eigenvalue weighted by Crippen LogP contribution is 2.26. The number of halogens is 1. The quantitative estimate of drug-likeness (QED) is 0.678. The molecule has 0 fully saturated rings. The summed E-state index contributed by atoms with van der Waals surface area (Å²) in [5, 5.41) is 17.8. The Hall–Kier alpha value is -1.95. The van der Waals surface area contributed by atoms with E-state index in [4.69, 9.17) is 0 Å². The summed E-state index contributed by atoms with van der Waals surface area (Å²) in [7, 11) is 0. The van der Waals surface area contributed by atoms with Crippen molar-refractivity contribution in [2.45, 2.75) is 13.5 Å². The Balaban J connectivity index is 2.19. The van der Waals surface area contributed by atoms with E-state index < -0.39 is 10.7 Å². The van der Waals surface area contributed by atoms with E-state index in [9.17, 15) is 14.5 Å². The van der Waals surface area contributed by atoms with Crippen molar-refractivity contribution in [1.82, 2.24) is 0 Å². The second-order valence-electron chi connectivity index (χ2n) is 3.85. The van der Waals surface area contributed by atoms with Crippen LogP contribution in [0.5, 0.6) is 0 Å². The van der Waals surface area contributed by atoms with Gasteiger partial charge in [-0.15, -0.1) is 0 Å². The van der Waals surface area contributed by atoms with Gasteiger partial charge in [0.25, 0.3) is 5.69 Å². The van der Waals surface area contributed by atoms with E-state index in [0.717, 1.165) is 17.2 Å². The standard InChI is InChI=1S/C12H11FN2O2S/c1-8-6-18-7-9(8)5-14-11-3-2-10(13)4-12(11)15(16)17/h2-4,6-7,14H,5H2,1H3. The van der Waals surface area contributed by atoms with Crippen molar-refractivity contribution >= 4 is 22.7 Å². The van der Waals surface area contributed by atoms with Crippen LogP contribution in [-0.2, 0) is 6.54 Å². The summed E-state index contributed by atoms with van der Waals surface area (Å²) in [5.41, 5.74) is 2.30. The molecule has 1 aromatic heterocycles. The number of anilines is 1. The zero-order valence-electron chi connectivity index (χ0n) is 9.64. The molecule has 1 heterocycles. The van der Waals surface area contributed by atoms with E-state index >= 15 is 0 Å². The van der Waals surface area contributed by atoms with Crippen LogP contribution in [0.25, 0.3) is 0 Å². The zero-order valence-corrected chi connectivity index (χ0v) is 10.5. The Morgan fingerprint density at radius 3 is 2.83 bits per heavy atom. The second kappa shape index (κ2) is 5.14. The third kappa shape index (κ3) is 2.65. The minimum atomic E-state index is -0.612. The largest absolute Gasteiger partial charge is 0.375 e. The summed E-state index contributed by atoms with van der Waals surface area (Å²) >= 11 is 1.58. The van der Waals surface area contributed by atoms with Crippen molar-refractivity contribution in [3.63, 3.8) is 0 Å². The molecular formula is C12H11FN2O2S. The Morgan fingerprint density at radius 2 is 2.22 bits per heavy atom. The average Bonchev–Trinajstić information content (AvgIpc) is 2.73. The van der Waals surface area contributed by atoms with Gasteiger partial charge in [0, 0.05) is 6.54 Å². The van der Waals surface area contributed by atoms with E-state index in [1.54, 1.807) is 11.3 Å². The van der Waals surface area contributed by atoms with Crippen LogP contribution in [0.1, 0.15) is 11.1 Å². The molecule has 0 aliphatic rings. The minimum Gasteiger partial charge on any atom is -0.375 e.